The van der Waals surface area contributed by atoms with E-state index in [-0.39, 0.29) is 17.7 Å². The molecule has 6 heteroatoms. The first-order valence-corrected chi connectivity index (χ1v) is 10.6. The van der Waals surface area contributed by atoms with Gasteiger partial charge in [-0.05, 0) is 53.2 Å². The van der Waals surface area contributed by atoms with Crippen LogP contribution in [-0.4, -0.2) is 21.0 Å². The van der Waals surface area contributed by atoms with Crippen LogP contribution in [0.3, 0.4) is 0 Å². The lowest BCUT2D eigenvalue weighted by Gasteiger charge is -2.12. The Morgan fingerprint density at radius 3 is 2.10 bits per heavy atom. The number of hydrogen-bond donors (Lipinski definition) is 0. The summed E-state index contributed by atoms with van der Waals surface area (Å²) in [5, 5.41) is 2.23. The molecule has 0 bridgehead atoms. The fourth-order valence-corrected chi connectivity index (χ4v) is 4.51. The molecule has 1 saturated heterocycles. The average Bonchev–Trinajstić information content (AvgIpc) is 3.02. The Balaban J connectivity index is 1.58. The van der Waals surface area contributed by atoms with E-state index in [0.717, 1.165) is 44.7 Å². The van der Waals surface area contributed by atoms with Gasteiger partial charge in [0.1, 0.15) is 0 Å². The fraction of sp³-hybridized carbons (Fsp3) is 0.0417. The summed E-state index contributed by atoms with van der Waals surface area (Å²) in [7, 11) is 0. The second-order valence-electron chi connectivity index (χ2n) is 6.95. The molecule has 30 heavy (non-hydrogen) atoms. The van der Waals surface area contributed by atoms with Gasteiger partial charge in [-0.1, -0.05) is 60.1 Å². The summed E-state index contributed by atoms with van der Waals surface area (Å²) in [5.41, 5.74) is 3.45. The minimum absolute atomic E-state index is 0.219. The third-order valence-corrected chi connectivity index (χ3v) is 6.19. The van der Waals surface area contributed by atoms with Gasteiger partial charge in [0.05, 0.1) is 22.5 Å². The number of pyridine rings is 1. The van der Waals surface area contributed by atoms with Crippen LogP contribution in [0.1, 0.15) is 11.1 Å². The van der Waals surface area contributed by atoms with Crippen LogP contribution in [0, 0.1) is 0 Å². The molecule has 1 aromatic heterocycles. The van der Waals surface area contributed by atoms with E-state index in [1.54, 1.807) is 12.1 Å². The zero-order chi connectivity index (χ0) is 20.7. The van der Waals surface area contributed by atoms with Crippen LogP contribution in [-0.2, 0) is 11.3 Å². The molecule has 1 fully saturated rings. The van der Waals surface area contributed by atoms with Crippen LogP contribution < -0.4 is 0 Å². The number of amides is 2. The van der Waals surface area contributed by atoms with Crippen molar-refractivity contribution in [3.8, 4) is 0 Å². The molecule has 4 aromatic rings. The van der Waals surface area contributed by atoms with Crippen LogP contribution in [0.2, 0.25) is 5.02 Å². The van der Waals surface area contributed by atoms with Gasteiger partial charge in [-0.15, -0.1) is 0 Å². The predicted octanol–water partition coefficient (Wildman–Crippen LogP) is 6.28. The summed E-state index contributed by atoms with van der Waals surface area (Å²) in [6, 6.07) is 22.8. The van der Waals surface area contributed by atoms with Gasteiger partial charge >= 0.3 is 0 Å². The van der Waals surface area contributed by atoms with Crippen molar-refractivity contribution in [1.82, 2.24) is 9.88 Å². The van der Waals surface area contributed by atoms with Crippen molar-refractivity contribution in [2.24, 2.45) is 0 Å². The normalized spacial score (nSPS) is 15.6. The second-order valence-corrected chi connectivity index (χ2v) is 8.38. The molecule has 1 aliphatic rings. The van der Waals surface area contributed by atoms with E-state index in [4.69, 9.17) is 16.6 Å². The third-order valence-electron chi connectivity index (χ3n) is 5.03. The number of benzene rings is 3. The molecule has 146 valence electrons. The third kappa shape index (κ3) is 3.36. The van der Waals surface area contributed by atoms with Crippen LogP contribution in [0.4, 0.5) is 4.79 Å². The molecule has 5 rings (SSSR count). The van der Waals surface area contributed by atoms with Crippen molar-refractivity contribution >= 4 is 62.4 Å². The maximum absolute atomic E-state index is 13.0. The first kappa shape index (κ1) is 18.9. The van der Waals surface area contributed by atoms with Crippen molar-refractivity contribution in [2.45, 2.75) is 6.54 Å². The van der Waals surface area contributed by atoms with E-state index in [1.807, 2.05) is 66.7 Å². The Morgan fingerprint density at radius 2 is 1.47 bits per heavy atom. The number of carbonyl (C=O) groups is 2. The molecule has 0 radical (unpaired) electrons. The lowest BCUT2D eigenvalue weighted by Crippen LogP contribution is -2.27. The molecule has 0 aliphatic carbocycles. The largest absolute Gasteiger partial charge is 0.293 e. The molecular weight excluding hydrogens is 416 g/mol. The monoisotopic (exact) mass is 430 g/mol. The van der Waals surface area contributed by atoms with E-state index >= 15 is 0 Å². The summed E-state index contributed by atoms with van der Waals surface area (Å²) in [6.45, 7) is 0.219. The smallest absolute Gasteiger partial charge is 0.268 e. The molecule has 0 N–H and O–H groups in total. The van der Waals surface area contributed by atoms with Crippen LogP contribution in [0.5, 0.6) is 0 Å². The summed E-state index contributed by atoms with van der Waals surface area (Å²) in [5.74, 6) is -0.287. The second kappa shape index (κ2) is 7.59. The summed E-state index contributed by atoms with van der Waals surface area (Å²) >= 11 is 6.90. The first-order chi connectivity index (χ1) is 14.6. The van der Waals surface area contributed by atoms with Gasteiger partial charge in [0, 0.05) is 15.8 Å². The number of hydrogen-bond acceptors (Lipinski definition) is 4. The van der Waals surface area contributed by atoms with Gasteiger partial charge in [-0.25, -0.2) is 4.98 Å². The van der Waals surface area contributed by atoms with Crippen molar-refractivity contribution in [2.75, 3.05) is 0 Å². The van der Waals surface area contributed by atoms with Crippen molar-refractivity contribution in [3.05, 3.63) is 93.9 Å². The molecule has 0 atom stereocenters. The Hall–Kier alpha value is -3.15. The molecule has 2 amide bonds. The lowest BCUT2D eigenvalue weighted by atomic mass is 10.0. The number of thioether (sulfide) groups is 1. The van der Waals surface area contributed by atoms with Gasteiger partial charge in [-0.3, -0.25) is 14.5 Å². The van der Waals surface area contributed by atoms with E-state index in [0.29, 0.717) is 9.93 Å². The highest BCUT2D eigenvalue weighted by atomic mass is 35.5. The van der Waals surface area contributed by atoms with E-state index in [9.17, 15) is 9.59 Å². The van der Waals surface area contributed by atoms with Gasteiger partial charge in [-0.2, -0.15) is 0 Å². The van der Waals surface area contributed by atoms with Crippen LogP contribution in [0.15, 0.2) is 77.7 Å². The highest BCUT2D eigenvalue weighted by molar-refractivity contribution is 8.18. The van der Waals surface area contributed by atoms with E-state index in [1.165, 1.54) is 4.90 Å². The van der Waals surface area contributed by atoms with Crippen molar-refractivity contribution in [3.63, 3.8) is 0 Å². The van der Waals surface area contributed by atoms with Gasteiger partial charge in [0.2, 0.25) is 0 Å². The minimum atomic E-state index is -0.287. The maximum atomic E-state index is 13.0. The first-order valence-electron chi connectivity index (χ1n) is 9.37. The summed E-state index contributed by atoms with van der Waals surface area (Å²) in [4.78, 5) is 32.0. The molecule has 2 heterocycles. The fourth-order valence-electron chi connectivity index (χ4n) is 3.57. The number of fused-ring (bicyclic) bond motifs is 2. The zero-order valence-corrected chi connectivity index (χ0v) is 17.3. The lowest BCUT2D eigenvalue weighted by molar-refractivity contribution is -0.123. The molecule has 0 unspecified atom stereocenters. The predicted molar refractivity (Wildman–Crippen MR) is 122 cm³/mol. The quantitative estimate of drug-likeness (QED) is 0.283. The van der Waals surface area contributed by atoms with Crippen molar-refractivity contribution < 1.29 is 9.59 Å². The zero-order valence-electron chi connectivity index (χ0n) is 15.7. The standard InChI is InChI=1S/C24H15ClN2O2S/c25-16-11-9-15(10-12-16)14-27-23(28)22(30-24(27)29)13-19-17-5-1-3-7-20(17)26-21-8-4-2-6-18(19)21/h1-13H,14H2/b22-13-. The molecule has 3 aromatic carbocycles. The number of nitrogens with zero attached hydrogens (tertiary/aromatic N) is 2. The van der Waals surface area contributed by atoms with Crippen LogP contribution >= 0.6 is 23.4 Å². The summed E-state index contributed by atoms with van der Waals surface area (Å²) in [6.07, 6.45) is 1.82. The number of halogens is 1. The number of para-hydroxylation sites is 2. The Labute approximate surface area is 182 Å². The highest BCUT2D eigenvalue weighted by Crippen LogP contribution is 2.36. The Morgan fingerprint density at radius 1 is 0.867 bits per heavy atom. The van der Waals surface area contributed by atoms with Gasteiger partial charge in [0.15, 0.2) is 0 Å². The van der Waals surface area contributed by atoms with Gasteiger partial charge < -0.3 is 0 Å². The topological polar surface area (TPSA) is 50.3 Å². The molecular formula is C24H15ClN2O2S. The number of aromatic nitrogens is 1. The summed E-state index contributed by atoms with van der Waals surface area (Å²) < 4.78 is 0. The number of imide groups is 1. The van der Waals surface area contributed by atoms with Crippen molar-refractivity contribution in [1.29, 1.82) is 0 Å². The Kier molecular flexibility index (Phi) is 4.77. The van der Waals surface area contributed by atoms with Gasteiger partial charge in [0.25, 0.3) is 11.1 Å². The highest BCUT2D eigenvalue weighted by Gasteiger charge is 2.35. The number of carbonyl (C=O) groups excluding carboxylic acids is 2. The molecule has 0 spiro atoms. The molecule has 0 saturated carbocycles. The Bertz CT molecular complexity index is 1290. The average molecular weight is 431 g/mol. The SMILES string of the molecule is O=C1S/C(=C\c2c3ccccc3nc3ccccc23)C(=O)N1Cc1ccc(Cl)cc1. The maximum Gasteiger partial charge on any atom is 0.293 e. The molecule has 4 nitrogen and oxygen atoms in total. The van der Waals surface area contributed by atoms with E-state index < -0.39 is 0 Å². The van der Waals surface area contributed by atoms with Crippen LogP contribution in [0.25, 0.3) is 27.9 Å². The molecule has 1 aliphatic heterocycles. The minimum Gasteiger partial charge on any atom is -0.268 e. The number of rotatable bonds is 3. The van der Waals surface area contributed by atoms with E-state index in [2.05, 4.69) is 0 Å².